The molecule has 21 heavy (non-hydrogen) atoms. The van der Waals surface area contributed by atoms with Crippen LogP contribution in [0.1, 0.15) is 43.7 Å². The fraction of sp³-hybridized carbons (Fsp3) is 0.533. The molecule has 4 N–H and O–H groups in total. The van der Waals surface area contributed by atoms with E-state index < -0.39 is 0 Å². The fourth-order valence-corrected chi connectivity index (χ4v) is 2.81. The molecule has 0 spiro atoms. The maximum atomic E-state index is 10.9. The van der Waals surface area contributed by atoms with Gasteiger partial charge in [0.2, 0.25) is 5.91 Å². The lowest BCUT2D eigenvalue weighted by molar-refractivity contribution is -0.118. The Kier molecular flexibility index (Phi) is 5.73. The molecule has 6 heteroatoms. The zero-order valence-electron chi connectivity index (χ0n) is 11.7. The zero-order valence-corrected chi connectivity index (χ0v) is 13.3. The molecule has 4 nitrogen and oxygen atoms in total. The highest BCUT2D eigenvalue weighted by Gasteiger charge is 2.30. The van der Waals surface area contributed by atoms with Gasteiger partial charge in [0.25, 0.3) is 0 Å². The van der Waals surface area contributed by atoms with E-state index in [0.717, 1.165) is 0 Å². The molecule has 1 aliphatic heterocycles. The highest BCUT2D eigenvalue weighted by Crippen LogP contribution is 2.41. The van der Waals surface area contributed by atoms with E-state index in [9.17, 15) is 9.90 Å². The molecule has 3 rings (SSSR count). The number of benzene rings is 1. The molecule has 1 aromatic rings. The van der Waals surface area contributed by atoms with Crippen molar-refractivity contribution in [3.8, 4) is 5.75 Å². The maximum Gasteiger partial charge on any atom is 0.217 e. The van der Waals surface area contributed by atoms with Crippen molar-refractivity contribution < 1.29 is 9.90 Å². The number of primary amides is 1. The molecule has 0 bridgehead atoms. The molecule has 1 amide bonds. The van der Waals surface area contributed by atoms with E-state index in [1.54, 1.807) is 6.07 Å². The van der Waals surface area contributed by atoms with Gasteiger partial charge in [0, 0.05) is 18.0 Å². The maximum absolute atomic E-state index is 10.9. The first-order valence-electron chi connectivity index (χ1n) is 7.17. The summed E-state index contributed by atoms with van der Waals surface area (Å²) in [5.41, 5.74) is 5.77. The molecule has 2 atom stereocenters. The van der Waals surface area contributed by atoms with Gasteiger partial charge in [-0.2, -0.15) is 0 Å². The topological polar surface area (TPSA) is 75.4 Å². The number of rotatable bonds is 3. The fourth-order valence-electron chi connectivity index (χ4n) is 2.36. The van der Waals surface area contributed by atoms with Crippen LogP contribution in [-0.4, -0.2) is 17.6 Å². The van der Waals surface area contributed by atoms with E-state index in [1.165, 1.54) is 25.3 Å². The average molecular weight is 331 g/mol. The van der Waals surface area contributed by atoms with Crippen molar-refractivity contribution in [2.45, 2.75) is 38.1 Å². The molecule has 2 unspecified atom stereocenters. The highest BCUT2D eigenvalue weighted by atomic mass is 35.5. The minimum absolute atomic E-state index is 0.0967. The molecule has 2 fully saturated rings. The van der Waals surface area contributed by atoms with Crippen molar-refractivity contribution in [1.29, 1.82) is 0 Å². The van der Waals surface area contributed by atoms with Gasteiger partial charge in [-0.25, -0.2) is 0 Å². The third-order valence-electron chi connectivity index (χ3n) is 3.52. The number of amides is 1. The standard InChI is InChI=1S/C12H14Cl2N2O2.C3H6/c13-7-1-2-9(17)11(12(7)14)8-3-6(5-16-8)4-10(15)18;1-2-3-1/h1-2,6,8,16-17H,3-5H2,(H2,15,18);1-3H2. The van der Waals surface area contributed by atoms with Crippen LogP contribution >= 0.6 is 23.2 Å². The summed E-state index contributed by atoms with van der Waals surface area (Å²) >= 11 is 12.0. The zero-order chi connectivity index (χ0) is 15.4. The molecule has 1 aromatic carbocycles. The van der Waals surface area contributed by atoms with Gasteiger partial charge in [-0.15, -0.1) is 0 Å². The van der Waals surface area contributed by atoms with Crippen LogP contribution in [0.15, 0.2) is 12.1 Å². The molecular weight excluding hydrogens is 311 g/mol. The summed E-state index contributed by atoms with van der Waals surface area (Å²) in [6, 6.07) is 2.98. The number of hydrogen-bond acceptors (Lipinski definition) is 3. The second-order valence-corrected chi connectivity index (χ2v) is 6.37. The van der Waals surface area contributed by atoms with Gasteiger partial charge in [-0.05, 0) is 31.0 Å². The molecule has 1 saturated heterocycles. The van der Waals surface area contributed by atoms with Crippen LogP contribution in [0.4, 0.5) is 0 Å². The van der Waals surface area contributed by atoms with Crippen LogP contribution in [0.3, 0.4) is 0 Å². The third-order valence-corrected chi connectivity index (χ3v) is 4.34. The summed E-state index contributed by atoms with van der Waals surface area (Å²) < 4.78 is 0. The van der Waals surface area contributed by atoms with Gasteiger partial charge >= 0.3 is 0 Å². The van der Waals surface area contributed by atoms with Crippen LogP contribution in [0.5, 0.6) is 5.75 Å². The van der Waals surface area contributed by atoms with E-state index >= 15 is 0 Å². The first-order valence-corrected chi connectivity index (χ1v) is 7.93. The summed E-state index contributed by atoms with van der Waals surface area (Å²) in [6.07, 6.45) is 5.54. The lowest BCUT2D eigenvalue weighted by Crippen LogP contribution is -2.18. The number of aromatic hydroxyl groups is 1. The van der Waals surface area contributed by atoms with E-state index in [2.05, 4.69) is 5.32 Å². The monoisotopic (exact) mass is 330 g/mol. The molecule has 0 aromatic heterocycles. The largest absolute Gasteiger partial charge is 0.508 e. The Hall–Kier alpha value is -0.970. The van der Waals surface area contributed by atoms with E-state index in [1.807, 2.05) is 0 Å². The average Bonchev–Trinajstić information content (AvgIpc) is 3.23. The number of carbonyl (C=O) groups excluding carboxylic acids is 1. The summed E-state index contributed by atoms with van der Waals surface area (Å²) in [5, 5.41) is 13.9. The lowest BCUT2D eigenvalue weighted by atomic mass is 9.97. The normalized spacial score (nSPS) is 23.3. The molecule has 116 valence electrons. The third kappa shape index (κ3) is 4.77. The first-order chi connectivity index (χ1) is 9.99. The van der Waals surface area contributed by atoms with Crippen molar-refractivity contribution in [1.82, 2.24) is 5.32 Å². The van der Waals surface area contributed by atoms with Crippen molar-refractivity contribution in [3.63, 3.8) is 0 Å². The number of nitrogens with one attached hydrogen (secondary N) is 1. The van der Waals surface area contributed by atoms with Crippen LogP contribution < -0.4 is 11.1 Å². The number of phenolic OH excluding ortho intramolecular Hbond substituents is 1. The molecule has 2 aliphatic rings. The summed E-state index contributed by atoms with van der Waals surface area (Å²) in [4.78, 5) is 10.9. The number of nitrogens with two attached hydrogens (primary N) is 1. The van der Waals surface area contributed by atoms with Gasteiger partial charge in [0.1, 0.15) is 5.75 Å². The van der Waals surface area contributed by atoms with Gasteiger partial charge in [-0.3, -0.25) is 4.79 Å². The molecular formula is C15H20Cl2N2O2. The minimum Gasteiger partial charge on any atom is -0.508 e. The number of halogens is 2. The molecule has 1 saturated carbocycles. The van der Waals surface area contributed by atoms with Crippen LogP contribution in [0.25, 0.3) is 0 Å². The van der Waals surface area contributed by atoms with E-state index in [0.29, 0.717) is 35.0 Å². The first kappa shape index (κ1) is 16.4. The van der Waals surface area contributed by atoms with Gasteiger partial charge < -0.3 is 16.2 Å². The number of hydrogen-bond donors (Lipinski definition) is 3. The Morgan fingerprint density at radius 2 is 2.00 bits per heavy atom. The Morgan fingerprint density at radius 3 is 2.57 bits per heavy atom. The quantitative estimate of drug-likeness (QED) is 0.795. The second kappa shape index (κ2) is 7.34. The Labute approximate surface area is 134 Å². The van der Waals surface area contributed by atoms with Crippen LogP contribution in [-0.2, 0) is 4.79 Å². The number of phenols is 1. The Balaban J connectivity index is 0.000000477. The SMILES string of the molecule is C1CC1.NC(=O)CC1CNC(c2c(O)ccc(Cl)c2Cl)C1. The summed E-state index contributed by atoms with van der Waals surface area (Å²) in [5.74, 6) is -0.0348. The summed E-state index contributed by atoms with van der Waals surface area (Å²) in [6.45, 7) is 0.676. The second-order valence-electron chi connectivity index (χ2n) is 5.59. The Morgan fingerprint density at radius 1 is 1.33 bits per heavy atom. The molecule has 1 heterocycles. The minimum atomic E-state index is -0.316. The molecule has 1 aliphatic carbocycles. The van der Waals surface area contributed by atoms with Gasteiger partial charge in [0.05, 0.1) is 10.0 Å². The molecule has 0 radical (unpaired) electrons. The lowest BCUT2D eigenvalue weighted by Gasteiger charge is -2.15. The van der Waals surface area contributed by atoms with Crippen LogP contribution in [0, 0.1) is 5.92 Å². The van der Waals surface area contributed by atoms with E-state index in [4.69, 9.17) is 28.9 Å². The van der Waals surface area contributed by atoms with Crippen molar-refractivity contribution in [2.75, 3.05) is 6.54 Å². The van der Waals surface area contributed by atoms with E-state index in [-0.39, 0.29) is 23.6 Å². The van der Waals surface area contributed by atoms with Crippen molar-refractivity contribution in [3.05, 3.63) is 27.7 Å². The smallest absolute Gasteiger partial charge is 0.217 e. The van der Waals surface area contributed by atoms with Crippen molar-refractivity contribution in [2.24, 2.45) is 11.7 Å². The van der Waals surface area contributed by atoms with Gasteiger partial charge in [-0.1, -0.05) is 42.5 Å². The number of carbonyl (C=O) groups is 1. The summed E-state index contributed by atoms with van der Waals surface area (Å²) in [7, 11) is 0. The predicted octanol–water partition coefficient (Wildman–Crippen LogP) is 3.40. The van der Waals surface area contributed by atoms with Crippen molar-refractivity contribution >= 4 is 29.1 Å². The van der Waals surface area contributed by atoms with Crippen LogP contribution in [0.2, 0.25) is 10.0 Å². The highest BCUT2D eigenvalue weighted by molar-refractivity contribution is 6.42. The van der Waals surface area contributed by atoms with Gasteiger partial charge in [0.15, 0.2) is 0 Å². The predicted molar refractivity (Wildman–Crippen MR) is 84.6 cm³/mol. The Bertz CT molecular complexity index is 518.